The van der Waals surface area contributed by atoms with Gasteiger partial charge < -0.3 is 10.4 Å². The van der Waals surface area contributed by atoms with E-state index in [0.717, 1.165) is 16.8 Å². The lowest BCUT2D eigenvalue weighted by Crippen LogP contribution is -2.45. The Morgan fingerprint density at radius 1 is 1.32 bits per heavy atom. The first-order chi connectivity index (χ1) is 11.8. The van der Waals surface area contributed by atoms with Gasteiger partial charge in [-0.05, 0) is 25.0 Å². The van der Waals surface area contributed by atoms with Crippen LogP contribution in [-0.2, 0) is 16.0 Å². The highest BCUT2D eigenvalue weighted by molar-refractivity contribution is 6.30. The van der Waals surface area contributed by atoms with E-state index in [-0.39, 0.29) is 18.2 Å². The molecule has 0 aliphatic carbocycles. The molecule has 25 heavy (non-hydrogen) atoms. The van der Waals surface area contributed by atoms with Crippen LogP contribution >= 0.6 is 11.6 Å². The topological polar surface area (TPSA) is 95.1 Å². The number of benzene rings is 1. The summed E-state index contributed by atoms with van der Waals surface area (Å²) in [5.41, 5.74) is 3.02. The summed E-state index contributed by atoms with van der Waals surface area (Å²) in [6.07, 6.45) is 0.721. The molecule has 0 saturated carbocycles. The summed E-state index contributed by atoms with van der Waals surface area (Å²) < 4.78 is 0. The molecule has 0 fully saturated rings. The second-order valence-corrected chi connectivity index (χ2v) is 6.56. The number of hydrogen-bond acceptors (Lipinski definition) is 3. The van der Waals surface area contributed by atoms with E-state index in [2.05, 4.69) is 15.5 Å². The lowest BCUT2D eigenvalue weighted by atomic mass is 9.98. The molecular formula is C18H22ClN3O3. The Balaban J connectivity index is 2.20. The van der Waals surface area contributed by atoms with Crippen molar-refractivity contribution in [1.82, 2.24) is 15.5 Å². The number of aromatic nitrogens is 2. The number of aliphatic carboxylic acids is 1. The van der Waals surface area contributed by atoms with E-state index < -0.39 is 12.0 Å². The maximum atomic E-state index is 12.4. The molecule has 0 bridgehead atoms. The molecule has 7 heteroatoms. The van der Waals surface area contributed by atoms with Crippen LogP contribution in [0.5, 0.6) is 0 Å². The highest BCUT2D eigenvalue weighted by Gasteiger charge is 2.26. The zero-order valence-corrected chi connectivity index (χ0v) is 15.2. The fourth-order valence-electron chi connectivity index (χ4n) is 2.58. The van der Waals surface area contributed by atoms with Gasteiger partial charge in [-0.15, -0.1) is 0 Å². The van der Waals surface area contributed by atoms with E-state index in [9.17, 15) is 14.7 Å². The van der Waals surface area contributed by atoms with E-state index >= 15 is 0 Å². The van der Waals surface area contributed by atoms with Crippen molar-refractivity contribution in [1.29, 1.82) is 0 Å². The first kappa shape index (κ1) is 19.0. The summed E-state index contributed by atoms with van der Waals surface area (Å²) in [6, 6.07) is 6.28. The Bertz CT molecular complexity index is 755. The van der Waals surface area contributed by atoms with E-state index in [0.29, 0.717) is 17.1 Å². The van der Waals surface area contributed by atoms with Gasteiger partial charge in [0.2, 0.25) is 5.91 Å². The van der Waals surface area contributed by atoms with Gasteiger partial charge in [-0.3, -0.25) is 9.89 Å². The van der Waals surface area contributed by atoms with Gasteiger partial charge in [-0.2, -0.15) is 5.10 Å². The largest absolute Gasteiger partial charge is 0.480 e. The molecule has 0 spiro atoms. The van der Waals surface area contributed by atoms with Gasteiger partial charge in [0, 0.05) is 21.8 Å². The summed E-state index contributed by atoms with van der Waals surface area (Å²) in [5.74, 6) is -1.51. The number of aryl methyl sites for hydroxylation is 1. The molecule has 0 aliphatic rings. The number of carboxylic acid groups (broad SMARTS) is 1. The number of halogens is 1. The number of H-pyrrole nitrogens is 1. The quantitative estimate of drug-likeness (QED) is 0.704. The molecule has 6 nitrogen and oxygen atoms in total. The average Bonchev–Trinajstić information content (AvgIpc) is 2.93. The van der Waals surface area contributed by atoms with E-state index in [1.807, 2.05) is 26.0 Å². The third kappa shape index (κ3) is 4.60. The molecule has 1 amide bonds. The SMILES string of the molecule is CC[C@@H](C)[C@H](NC(=O)Cc1c(-c2ccc(Cl)cc2)n[nH]c1C)C(=O)O. The molecule has 2 rings (SSSR count). The van der Waals surface area contributed by atoms with Crippen LogP contribution in [0.2, 0.25) is 5.02 Å². The molecule has 2 aromatic rings. The predicted molar refractivity (Wildman–Crippen MR) is 96.5 cm³/mol. The van der Waals surface area contributed by atoms with Crippen molar-refractivity contribution < 1.29 is 14.7 Å². The third-order valence-corrected chi connectivity index (χ3v) is 4.58. The van der Waals surface area contributed by atoms with Crippen molar-refractivity contribution in [3.63, 3.8) is 0 Å². The molecule has 3 N–H and O–H groups in total. The van der Waals surface area contributed by atoms with Crippen molar-refractivity contribution in [3.05, 3.63) is 40.5 Å². The van der Waals surface area contributed by atoms with E-state index in [1.165, 1.54) is 0 Å². The average molecular weight is 364 g/mol. The minimum absolute atomic E-state index is 0.0561. The summed E-state index contributed by atoms with van der Waals surface area (Å²) in [5, 5.41) is 19.7. The number of carbonyl (C=O) groups is 2. The Hall–Kier alpha value is -2.34. The van der Waals surface area contributed by atoms with Crippen molar-refractivity contribution in [3.8, 4) is 11.3 Å². The fraction of sp³-hybridized carbons (Fsp3) is 0.389. The van der Waals surface area contributed by atoms with Crippen LogP contribution in [0.25, 0.3) is 11.3 Å². The number of nitrogens with one attached hydrogen (secondary N) is 2. The van der Waals surface area contributed by atoms with Crippen LogP contribution in [0.4, 0.5) is 0 Å². The Kier molecular flexibility index (Phi) is 6.20. The summed E-state index contributed by atoms with van der Waals surface area (Å²) in [4.78, 5) is 23.8. The number of amides is 1. The maximum absolute atomic E-state index is 12.4. The standard InChI is InChI=1S/C18H22ClN3O3/c1-4-10(2)16(18(24)25)20-15(23)9-14-11(3)21-22-17(14)12-5-7-13(19)8-6-12/h5-8,10,16H,4,9H2,1-3H3,(H,20,23)(H,21,22)(H,24,25)/t10-,16+/m1/s1. The number of hydrogen-bond donors (Lipinski definition) is 3. The minimum Gasteiger partial charge on any atom is -0.480 e. The molecule has 1 aromatic carbocycles. The fourth-order valence-corrected chi connectivity index (χ4v) is 2.71. The van der Waals surface area contributed by atoms with Gasteiger partial charge >= 0.3 is 5.97 Å². The lowest BCUT2D eigenvalue weighted by molar-refractivity contribution is -0.143. The minimum atomic E-state index is -1.02. The van der Waals surface area contributed by atoms with Crippen molar-refractivity contribution in [2.45, 2.75) is 39.7 Å². The summed E-state index contributed by atoms with van der Waals surface area (Å²) in [7, 11) is 0. The summed E-state index contributed by atoms with van der Waals surface area (Å²) >= 11 is 5.91. The molecule has 134 valence electrons. The van der Waals surface area contributed by atoms with Crippen LogP contribution in [0.15, 0.2) is 24.3 Å². The van der Waals surface area contributed by atoms with Gasteiger partial charge in [0.1, 0.15) is 6.04 Å². The second kappa shape index (κ2) is 8.16. The van der Waals surface area contributed by atoms with Gasteiger partial charge in [0.15, 0.2) is 0 Å². The lowest BCUT2D eigenvalue weighted by Gasteiger charge is -2.20. The van der Waals surface area contributed by atoms with Crippen LogP contribution in [-0.4, -0.2) is 33.2 Å². The molecule has 0 aliphatic heterocycles. The molecular weight excluding hydrogens is 342 g/mol. The van der Waals surface area contributed by atoms with Gasteiger partial charge in [0.05, 0.1) is 12.1 Å². The number of rotatable bonds is 7. The molecule has 0 unspecified atom stereocenters. The smallest absolute Gasteiger partial charge is 0.326 e. The van der Waals surface area contributed by atoms with Crippen LogP contribution in [0.3, 0.4) is 0 Å². The third-order valence-electron chi connectivity index (χ3n) is 4.32. The molecule has 0 radical (unpaired) electrons. The molecule has 1 heterocycles. The summed E-state index contributed by atoms with van der Waals surface area (Å²) in [6.45, 7) is 5.53. The van der Waals surface area contributed by atoms with E-state index in [4.69, 9.17) is 11.6 Å². The van der Waals surface area contributed by atoms with Crippen LogP contribution in [0, 0.1) is 12.8 Å². The number of nitrogens with zero attached hydrogens (tertiary/aromatic N) is 1. The van der Waals surface area contributed by atoms with Crippen molar-refractivity contribution in [2.75, 3.05) is 0 Å². The molecule has 2 atom stereocenters. The number of carbonyl (C=O) groups excluding carboxylic acids is 1. The first-order valence-electron chi connectivity index (χ1n) is 8.15. The van der Waals surface area contributed by atoms with Crippen LogP contribution < -0.4 is 5.32 Å². The zero-order chi connectivity index (χ0) is 18.6. The van der Waals surface area contributed by atoms with Crippen molar-refractivity contribution in [2.24, 2.45) is 5.92 Å². The number of carboxylic acids is 1. The van der Waals surface area contributed by atoms with Crippen molar-refractivity contribution >= 4 is 23.5 Å². The van der Waals surface area contributed by atoms with Crippen LogP contribution in [0.1, 0.15) is 31.5 Å². The van der Waals surface area contributed by atoms with E-state index in [1.54, 1.807) is 19.1 Å². The number of aromatic amines is 1. The monoisotopic (exact) mass is 363 g/mol. The maximum Gasteiger partial charge on any atom is 0.326 e. The Morgan fingerprint density at radius 2 is 1.96 bits per heavy atom. The highest BCUT2D eigenvalue weighted by atomic mass is 35.5. The zero-order valence-electron chi connectivity index (χ0n) is 14.5. The molecule has 0 saturated heterocycles. The second-order valence-electron chi connectivity index (χ2n) is 6.13. The Labute approximate surface area is 151 Å². The highest BCUT2D eigenvalue weighted by Crippen LogP contribution is 2.25. The molecule has 1 aromatic heterocycles. The first-order valence-corrected chi connectivity index (χ1v) is 8.53. The van der Waals surface area contributed by atoms with Gasteiger partial charge in [-0.1, -0.05) is 44.0 Å². The van der Waals surface area contributed by atoms with Gasteiger partial charge in [0.25, 0.3) is 0 Å². The Morgan fingerprint density at radius 3 is 2.52 bits per heavy atom. The predicted octanol–water partition coefficient (Wildman–Crippen LogP) is 3.20. The normalized spacial score (nSPS) is 13.3. The van der Waals surface area contributed by atoms with Gasteiger partial charge in [-0.25, -0.2) is 4.79 Å².